The van der Waals surface area contributed by atoms with Crippen LogP contribution in [0, 0.1) is 11.3 Å². The monoisotopic (exact) mass is 272 g/mol. The first-order valence-electron chi connectivity index (χ1n) is 5.86. The zero-order chi connectivity index (χ0) is 14.3. The lowest BCUT2D eigenvalue weighted by molar-refractivity contribution is -0.146. The van der Waals surface area contributed by atoms with E-state index in [1.807, 2.05) is 6.07 Å². The maximum atomic E-state index is 12.2. The number of likely N-dealkylation sites (N-methyl/N-ethyl adjacent to an activating group) is 1. The lowest BCUT2D eigenvalue weighted by Crippen LogP contribution is -2.36. The smallest absolute Gasteiger partial charge is 0.401 e. The van der Waals surface area contributed by atoms with Crippen molar-refractivity contribution in [3.8, 4) is 11.8 Å². The lowest BCUT2D eigenvalue weighted by Gasteiger charge is -2.21. The van der Waals surface area contributed by atoms with Gasteiger partial charge in [-0.05, 0) is 30.8 Å². The molecular formula is C13H15F3N2O. The maximum absolute atomic E-state index is 12.2. The highest BCUT2D eigenvalue weighted by molar-refractivity contribution is 5.34. The molecule has 0 N–H and O–H groups in total. The molecule has 3 nitrogen and oxygen atoms in total. The number of benzene rings is 1. The van der Waals surface area contributed by atoms with Gasteiger partial charge < -0.3 is 4.74 Å². The molecule has 0 bridgehead atoms. The lowest BCUT2D eigenvalue weighted by atomic mass is 10.2. The normalized spacial score (nSPS) is 11.4. The van der Waals surface area contributed by atoms with Gasteiger partial charge in [-0.25, -0.2) is 0 Å². The molecule has 6 heteroatoms. The Balaban J connectivity index is 2.37. The molecule has 0 aliphatic rings. The van der Waals surface area contributed by atoms with Gasteiger partial charge >= 0.3 is 6.18 Å². The van der Waals surface area contributed by atoms with Crippen LogP contribution in [-0.4, -0.2) is 37.3 Å². The zero-order valence-electron chi connectivity index (χ0n) is 10.6. The fourth-order valence-electron chi connectivity index (χ4n) is 1.52. The Morgan fingerprint density at radius 3 is 2.37 bits per heavy atom. The Morgan fingerprint density at radius 1 is 1.26 bits per heavy atom. The number of alkyl halides is 3. The number of halogens is 3. The van der Waals surface area contributed by atoms with Crippen LogP contribution in [0.2, 0.25) is 0 Å². The van der Waals surface area contributed by atoms with Crippen molar-refractivity contribution in [2.24, 2.45) is 0 Å². The minimum Gasteiger partial charge on any atom is -0.492 e. The van der Waals surface area contributed by atoms with Crippen molar-refractivity contribution in [3.05, 3.63) is 29.8 Å². The van der Waals surface area contributed by atoms with Gasteiger partial charge in [0.2, 0.25) is 0 Å². The fourth-order valence-corrected chi connectivity index (χ4v) is 1.52. The summed E-state index contributed by atoms with van der Waals surface area (Å²) in [5.41, 5.74) is 0.514. The number of ether oxygens (including phenoxy) is 1. The van der Waals surface area contributed by atoms with Gasteiger partial charge in [-0.15, -0.1) is 0 Å². The molecule has 0 heterocycles. The number of nitriles is 1. The van der Waals surface area contributed by atoms with Gasteiger partial charge in [0.25, 0.3) is 0 Å². The molecule has 0 aromatic heterocycles. The summed E-state index contributed by atoms with van der Waals surface area (Å²) >= 11 is 0. The van der Waals surface area contributed by atoms with Crippen LogP contribution in [0.25, 0.3) is 0 Å². The number of nitrogens with zero attached hydrogens (tertiary/aromatic N) is 2. The summed E-state index contributed by atoms with van der Waals surface area (Å²) in [5.74, 6) is 0.544. The van der Waals surface area contributed by atoms with E-state index in [1.165, 1.54) is 4.90 Å². The van der Waals surface area contributed by atoms with Gasteiger partial charge in [-0.1, -0.05) is 6.92 Å². The van der Waals surface area contributed by atoms with Crippen molar-refractivity contribution in [2.45, 2.75) is 13.1 Å². The third-order valence-corrected chi connectivity index (χ3v) is 2.51. The fraction of sp³-hybridized carbons (Fsp3) is 0.462. The Kier molecular flexibility index (Phi) is 5.64. The van der Waals surface area contributed by atoms with Crippen LogP contribution in [0.1, 0.15) is 12.5 Å². The Morgan fingerprint density at radius 2 is 1.89 bits per heavy atom. The van der Waals surface area contributed by atoms with Gasteiger partial charge in [0, 0.05) is 6.54 Å². The summed E-state index contributed by atoms with van der Waals surface area (Å²) in [6.45, 7) is 1.44. The Hall–Kier alpha value is -1.74. The van der Waals surface area contributed by atoms with E-state index in [-0.39, 0.29) is 13.2 Å². The van der Waals surface area contributed by atoms with E-state index in [0.717, 1.165) is 0 Å². The second-order valence-corrected chi connectivity index (χ2v) is 3.97. The van der Waals surface area contributed by atoms with Gasteiger partial charge in [0.05, 0.1) is 18.2 Å². The molecule has 0 amide bonds. The van der Waals surface area contributed by atoms with Crippen LogP contribution in [0.15, 0.2) is 24.3 Å². The van der Waals surface area contributed by atoms with Crippen molar-refractivity contribution in [2.75, 3.05) is 26.2 Å². The van der Waals surface area contributed by atoms with E-state index in [0.29, 0.717) is 17.9 Å². The average Bonchev–Trinajstić information content (AvgIpc) is 2.37. The Labute approximate surface area is 110 Å². The van der Waals surface area contributed by atoms with Crippen LogP contribution >= 0.6 is 0 Å². The molecule has 0 aliphatic carbocycles. The molecule has 0 unspecified atom stereocenters. The molecule has 1 aromatic carbocycles. The Bertz CT molecular complexity index is 423. The number of hydrogen-bond donors (Lipinski definition) is 0. The molecule has 104 valence electrons. The van der Waals surface area contributed by atoms with Gasteiger partial charge in [-0.3, -0.25) is 4.90 Å². The van der Waals surface area contributed by atoms with Crippen molar-refractivity contribution >= 4 is 0 Å². The average molecular weight is 272 g/mol. The van der Waals surface area contributed by atoms with Crippen LogP contribution in [0.4, 0.5) is 13.2 Å². The van der Waals surface area contributed by atoms with E-state index in [9.17, 15) is 13.2 Å². The molecule has 1 aromatic rings. The minimum absolute atomic E-state index is 0.176. The van der Waals surface area contributed by atoms with Gasteiger partial charge in [-0.2, -0.15) is 18.4 Å². The largest absolute Gasteiger partial charge is 0.492 e. The van der Waals surface area contributed by atoms with E-state index in [1.54, 1.807) is 31.2 Å². The number of rotatable bonds is 6. The van der Waals surface area contributed by atoms with Crippen LogP contribution < -0.4 is 4.74 Å². The number of hydrogen-bond acceptors (Lipinski definition) is 3. The second kappa shape index (κ2) is 7.00. The molecule has 1 rings (SSSR count). The topological polar surface area (TPSA) is 36.3 Å². The highest BCUT2D eigenvalue weighted by atomic mass is 19.4. The molecule has 0 fully saturated rings. The minimum atomic E-state index is -4.19. The molecule has 0 radical (unpaired) electrons. The van der Waals surface area contributed by atoms with Crippen LogP contribution in [-0.2, 0) is 0 Å². The molecular weight excluding hydrogens is 257 g/mol. The van der Waals surface area contributed by atoms with Crippen LogP contribution in [0.5, 0.6) is 5.75 Å². The maximum Gasteiger partial charge on any atom is 0.401 e. The summed E-state index contributed by atoms with van der Waals surface area (Å²) < 4.78 is 42.0. The van der Waals surface area contributed by atoms with E-state index in [2.05, 4.69) is 0 Å². The SMILES string of the molecule is CCN(CCOc1ccc(C#N)cc1)CC(F)(F)F. The molecule has 0 aliphatic heterocycles. The summed E-state index contributed by atoms with van der Waals surface area (Å²) in [6, 6.07) is 8.42. The van der Waals surface area contributed by atoms with E-state index in [4.69, 9.17) is 10.00 Å². The predicted octanol–water partition coefficient (Wildman–Crippen LogP) is 2.82. The van der Waals surface area contributed by atoms with E-state index < -0.39 is 12.7 Å². The summed E-state index contributed by atoms with van der Waals surface area (Å²) in [4.78, 5) is 1.27. The van der Waals surface area contributed by atoms with Crippen molar-refractivity contribution in [1.29, 1.82) is 5.26 Å². The summed E-state index contributed by atoms with van der Waals surface area (Å²) in [5, 5.41) is 8.61. The summed E-state index contributed by atoms with van der Waals surface area (Å²) in [6.07, 6.45) is -4.19. The second-order valence-electron chi connectivity index (χ2n) is 3.97. The summed E-state index contributed by atoms with van der Waals surface area (Å²) in [7, 11) is 0. The van der Waals surface area contributed by atoms with Gasteiger partial charge in [0.1, 0.15) is 12.4 Å². The molecule has 19 heavy (non-hydrogen) atoms. The molecule has 0 saturated heterocycles. The molecule has 0 spiro atoms. The quantitative estimate of drug-likeness (QED) is 0.799. The predicted molar refractivity (Wildman–Crippen MR) is 64.8 cm³/mol. The van der Waals surface area contributed by atoms with Crippen LogP contribution in [0.3, 0.4) is 0 Å². The highest BCUT2D eigenvalue weighted by Crippen LogP contribution is 2.16. The standard InChI is InChI=1S/C13H15F3N2O/c1-2-18(10-13(14,15)16)7-8-19-12-5-3-11(9-17)4-6-12/h3-6H,2,7-8,10H2,1H3. The third kappa shape index (κ3) is 6.11. The van der Waals surface area contributed by atoms with Gasteiger partial charge in [0.15, 0.2) is 0 Å². The zero-order valence-corrected chi connectivity index (χ0v) is 10.6. The molecule has 0 atom stereocenters. The van der Waals surface area contributed by atoms with Crippen molar-refractivity contribution < 1.29 is 17.9 Å². The van der Waals surface area contributed by atoms with E-state index >= 15 is 0 Å². The van der Waals surface area contributed by atoms with Crippen molar-refractivity contribution in [3.63, 3.8) is 0 Å². The first-order valence-corrected chi connectivity index (χ1v) is 5.86. The first-order chi connectivity index (χ1) is 8.94. The molecule has 0 saturated carbocycles. The van der Waals surface area contributed by atoms with Crippen molar-refractivity contribution in [1.82, 2.24) is 4.90 Å². The highest BCUT2D eigenvalue weighted by Gasteiger charge is 2.29. The third-order valence-electron chi connectivity index (χ3n) is 2.51. The first kappa shape index (κ1) is 15.3.